The summed E-state index contributed by atoms with van der Waals surface area (Å²) in [4.78, 5) is 1.55. The van der Waals surface area contributed by atoms with Crippen LogP contribution < -0.4 is 4.90 Å². The lowest BCUT2D eigenvalue weighted by Gasteiger charge is -2.29. The fraction of sp³-hybridized carbons (Fsp3) is 0.429. The Hall–Kier alpha value is -1.56. The summed E-state index contributed by atoms with van der Waals surface area (Å²) in [7, 11) is 0. The van der Waals surface area contributed by atoms with Gasteiger partial charge in [0.05, 0.1) is 11.8 Å². The van der Waals surface area contributed by atoms with Crippen molar-refractivity contribution < 1.29 is 22.7 Å². The van der Waals surface area contributed by atoms with Crippen molar-refractivity contribution in [2.75, 3.05) is 18.0 Å². The van der Waals surface area contributed by atoms with Crippen molar-refractivity contribution in [2.24, 2.45) is 0 Å². The smallest absolute Gasteiger partial charge is 0.389 e. The average Bonchev–Trinajstić information content (AvgIpc) is 2.37. The molecule has 1 aromatic rings. The van der Waals surface area contributed by atoms with Gasteiger partial charge in [0.2, 0.25) is 0 Å². The highest BCUT2D eigenvalue weighted by Gasteiger charge is 2.35. The highest BCUT2D eigenvalue weighted by molar-refractivity contribution is 5.51. The number of alkyl halides is 3. The molecule has 1 heterocycles. The second-order valence-corrected chi connectivity index (χ2v) is 4.81. The molecule has 1 atom stereocenters. The Morgan fingerprint density at radius 2 is 2.00 bits per heavy atom. The topological polar surface area (TPSA) is 23.5 Å². The minimum absolute atomic E-state index is 0.0276. The highest BCUT2D eigenvalue weighted by Crippen LogP contribution is 2.32. The number of aliphatic hydroxyl groups is 1. The maximum absolute atomic E-state index is 13.9. The molecular formula is C14H15F4NO. The van der Waals surface area contributed by atoms with Gasteiger partial charge < -0.3 is 10.0 Å². The van der Waals surface area contributed by atoms with Crippen LogP contribution in [0.1, 0.15) is 25.0 Å². The number of hydrogen-bond acceptors (Lipinski definition) is 2. The molecule has 20 heavy (non-hydrogen) atoms. The second kappa shape index (κ2) is 5.44. The van der Waals surface area contributed by atoms with E-state index in [1.165, 1.54) is 19.1 Å². The number of hydrogen-bond donors (Lipinski definition) is 1. The van der Waals surface area contributed by atoms with E-state index >= 15 is 0 Å². The first-order valence-electron chi connectivity index (χ1n) is 6.27. The van der Waals surface area contributed by atoms with Gasteiger partial charge in [0, 0.05) is 18.7 Å². The molecule has 1 aliphatic heterocycles. The minimum Gasteiger partial charge on any atom is -0.389 e. The molecule has 0 amide bonds. The molecule has 6 heteroatoms. The van der Waals surface area contributed by atoms with E-state index in [2.05, 4.69) is 0 Å². The molecule has 0 fully saturated rings. The van der Waals surface area contributed by atoms with Crippen molar-refractivity contribution in [3.8, 4) is 0 Å². The normalized spacial score (nSPS) is 17.9. The summed E-state index contributed by atoms with van der Waals surface area (Å²) in [6.07, 6.45) is -4.15. The van der Waals surface area contributed by atoms with Crippen LogP contribution >= 0.6 is 0 Å². The van der Waals surface area contributed by atoms with Gasteiger partial charge >= 0.3 is 6.18 Å². The zero-order valence-electron chi connectivity index (χ0n) is 10.9. The van der Waals surface area contributed by atoms with Gasteiger partial charge in [-0.15, -0.1) is 0 Å². The van der Waals surface area contributed by atoms with E-state index < -0.39 is 23.7 Å². The Morgan fingerprint density at radius 1 is 1.30 bits per heavy atom. The van der Waals surface area contributed by atoms with Crippen molar-refractivity contribution in [1.82, 2.24) is 0 Å². The second-order valence-electron chi connectivity index (χ2n) is 4.81. The van der Waals surface area contributed by atoms with E-state index in [4.69, 9.17) is 0 Å². The van der Waals surface area contributed by atoms with Crippen molar-refractivity contribution in [1.29, 1.82) is 0 Å². The first-order valence-corrected chi connectivity index (χ1v) is 6.27. The Balaban J connectivity index is 2.17. The van der Waals surface area contributed by atoms with Gasteiger partial charge in [0.15, 0.2) is 0 Å². The molecule has 0 saturated heterocycles. The van der Waals surface area contributed by atoms with Crippen molar-refractivity contribution in [3.63, 3.8) is 0 Å². The Kier molecular flexibility index (Phi) is 4.04. The Morgan fingerprint density at radius 3 is 2.45 bits per heavy atom. The summed E-state index contributed by atoms with van der Waals surface area (Å²) >= 11 is 0. The van der Waals surface area contributed by atoms with Crippen LogP contribution in [0.4, 0.5) is 23.2 Å². The number of aliphatic hydroxyl groups excluding tert-OH is 1. The molecule has 1 aromatic carbocycles. The minimum atomic E-state index is -4.30. The van der Waals surface area contributed by atoms with Gasteiger partial charge in [-0.05, 0) is 31.0 Å². The molecule has 2 rings (SSSR count). The fourth-order valence-electron chi connectivity index (χ4n) is 2.18. The summed E-state index contributed by atoms with van der Waals surface area (Å²) < 4.78 is 51.4. The summed E-state index contributed by atoms with van der Waals surface area (Å²) in [5, 5.41) is 9.36. The molecule has 0 bridgehead atoms. The summed E-state index contributed by atoms with van der Waals surface area (Å²) in [6.45, 7) is 1.67. The maximum atomic E-state index is 13.9. The number of anilines is 1. The molecule has 0 spiro atoms. The van der Waals surface area contributed by atoms with Crippen LogP contribution in [0.5, 0.6) is 0 Å². The van der Waals surface area contributed by atoms with E-state index in [1.54, 1.807) is 11.0 Å². The lowest BCUT2D eigenvalue weighted by molar-refractivity contribution is -0.0944. The van der Waals surface area contributed by atoms with Crippen molar-refractivity contribution >= 4 is 5.69 Å². The maximum Gasteiger partial charge on any atom is 0.412 e. The monoisotopic (exact) mass is 289 g/mol. The van der Waals surface area contributed by atoms with Gasteiger partial charge in [-0.1, -0.05) is 12.1 Å². The molecule has 2 nitrogen and oxygen atoms in total. The predicted molar refractivity (Wildman–Crippen MR) is 68.0 cm³/mol. The van der Waals surface area contributed by atoms with Crippen LogP contribution in [0.2, 0.25) is 0 Å². The quantitative estimate of drug-likeness (QED) is 0.664. The SMILES string of the molecule is C[C@H](O)c1ccc(N2CC=C(C(F)(F)F)CC2)c(F)c1. The van der Waals surface area contributed by atoms with Crippen molar-refractivity contribution in [2.45, 2.75) is 25.6 Å². The van der Waals surface area contributed by atoms with Crippen molar-refractivity contribution in [3.05, 3.63) is 41.2 Å². The largest absolute Gasteiger partial charge is 0.412 e. The van der Waals surface area contributed by atoms with Gasteiger partial charge in [-0.25, -0.2) is 4.39 Å². The molecule has 0 unspecified atom stereocenters. The first-order chi connectivity index (χ1) is 9.29. The van der Waals surface area contributed by atoms with Gasteiger partial charge in [-0.2, -0.15) is 13.2 Å². The van der Waals surface area contributed by atoms with Crippen LogP contribution in [0.25, 0.3) is 0 Å². The molecular weight excluding hydrogens is 274 g/mol. The third-order valence-corrected chi connectivity index (χ3v) is 3.37. The molecule has 0 aromatic heterocycles. The van der Waals surface area contributed by atoms with Crippen LogP contribution in [0.15, 0.2) is 29.8 Å². The third kappa shape index (κ3) is 3.12. The van der Waals surface area contributed by atoms with Crippen LogP contribution in [0.3, 0.4) is 0 Å². The molecule has 110 valence electrons. The summed E-state index contributed by atoms with van der Waals surface area (Å²) in [5.41, 5.74) is 0.136. The molecule has 1 aliphatic rings. The summed E-state index contributed by atoms with van der Waals surface area (Å²) in [5.74, 6) is -0.535. The van der Waals surface area contributed by atoms with E-state index in [0.29, 0.717) is 5.56 Å². The first kappa shape index (κ1) is 14.8. The van der Waals surface area contributed by atoms with E-state index in [9.17, 15) is 22.7 Å². The lowest BCUT2D eigenvalue weighted by atomic mass is 10.1. The van der Waals surface area contributed by atoms with Gasteiger partial charge in [0.1, 0.15) is 5.82 Å². The number of halogens is 4. The fourth-order valence-corrected chi connectivity index (χ4v) is 2.18. The number of rotatable bonds is 2. The Labute approximate surface area is 114 Å². The van der Waals surface area contributed by atoms with Gasteiger partial charge in [-0.3, -0.25) is 0 Å². The van der Waals surface area contributed by atoms with E-state index in [1.807, 2.05) is 0 Å². The lowest BCUT2D eigenvalue weighted by Crippen LogP contribution is -2.32. The molecule has 0 aliphatic carbocycles. The molecule has 0 saturated carbocycles. The zero-order chi connectivity index (χ0) is 14.9. The predicted octanol–water partition coefficient (Wildman–Crippen LogP) is 3.58. The average molecular weight is 289 g/mol. The Bertz CT molecular complexity index is 522. The standard InChI is InChI=1S/C14H15F4NO/c1-9(20)10-2-3-13(12(15)8-10)19-6-4-11(5-7-19)14(16,17)18/h2-4,8-9,20H,5-7H2,1H3/t9-/m0/s1. The summed E-state index contributed by atoms with van der Waals surface area (Å²) in [6, 6.07) is 4.28. The van der Waals surface area contributed by atoms with Crippen LogP contribution in [0, 0.1) is 5.82 Å². The third-order valence-electron chi connectivity index (χ3n) is 3.37. The van der Waals surface area contributed by atoms with E-state index in [-0.39, 0.29) is 25.2 Å². The van der Waals surface area contributed by atoms with Crippen LogP contribution in [-0.2, 0) is 0 Å². The van der Waals surface area contributed by atoms with E-state index in [0.717, 1.165) is 6.08 Å². The zero-order valence-corrected chi connectivity index (χ0v) is 10.9. The number of nitrogens with zero attached hydrogens (tertiary/aromatic N) is 1. The molecule has 0 radical (unpaired) electrons. The van der Waals surface area contributed by atoms with Crippen LogP contribution in [-0.4, -0.2) is 24.4 Å². The van der Waals surface area contributed by atoms with Gasteiger partial charge in [0.25, 0.3) is 0 Å². The number of benzene rings is 1. The molecule has 1 N–H and O–H groups in total. The highest BCUT2D eigenvalue weighted by atomic mass is 19.4.